The first-order valence-electron chi connectivity index (χ1n) is 7.82. The Kier molecular flexibility index (Phi) is 5.92. The molecule has 5 nitrogen and oxygen atoms in total. The SMILES string of the molecule is CC(C)c1ccc(NC(=O)/C(C#N)=C\Nc2ccccc2C#N)cc1. The number of hydrogen-bond acceptors (Lipinski definition) is 4. The first-order valence-corrected chi connectivity index (χ1v) is 7.82. The summed E-state index contributed by atoms with van der Waals surface area (Å²) >= 11 is 0. The van der Waals surface area contributed by atoms with Crippen molar-refractivity contribution in [3.63, 3.8) is 0 Å². The Hall–Kier alpha value is -3.57. The fraction of sp³-hybridized carbons (Fsp3) is 0.150. The van der Waals surface area contributed by atoms with Crippen LogP contribution in [0.2, 0.25) is 0 Å². The summed E-state index contributed by atoms with van der Waals surface area (Å²) in [5, 5.41) is 23.8. The van der Waals surface area contributed by atoms with Crippen LogP contribution in [0.15, 0.2) is 60.3 Å². The molecular formula is C20H18N4O. The molecule has 0 aromatic heterocycles. The molecule has 2 N–H and O–H groups in total. The predicted octanol–water partition coefficient (Wildman–Crippen LogP) is 4.14. The van der Waals surface area contributed by atoms with E-state index < -0.39 is 5.91 Å². The molecule has 0 aliphatic carbocycles. The minimum atomic E-state index is -0.512. The molecule has 2 aromatic carbocycles. The van der Waals surface area contributed by atoms with Crippen LogP contribution in [-0.2, 0) is 4.79 Å². The van der Waals surface area contributed by atoms with E-state index in [4.69, 9.17) is 5.26 Å². The van der Waals surface area contributed by atoms with Crippen molar-refractivity contribution in [2.45, 2.75) is 19.8 Å². The van der Waals surface area contributed by atoms with Crippen molar-refractivity contribution in [2.24, 2.45) is 0 Å². The fourth-order valence-electron chi connectivity index (χ4n) is 2.15. The van der Waals surface area contributed by atoms with E-state index in [0.717, 1.165) is 0 Å². The number of para-hydroxylation sites is 1. The van der Waals surface area contributed by atoms with Gasteiger partial charge >= 0.3 is 0 Å². The number of hydrogen-bond donors (Lipinski definition) is 2. The molecule has 2 aromatic rings. The Bertz CT molecular complexity index is 868. The van der Waals surface area contributed by atoms with Crippen LogP contribution in [0.25, 0.3) is 0 Å². The van der Waals surface area contributed by atoms with Crippen molar-refractivity contribution >= 4 is 17.3 Å². The maximum Gasteiger partial charge on any atom is 0.267 e. The van der Waals surface area contributed by atoms with E-state index >= 15 is 0 Å². The van der Waals surface area contributed by atoms with E-state index in [-0.39, 0.29) is 5.57 Å². The molecule has 0 aliphatic rings. The number of rotatable bonds is 5. The van der Waals surface area contributed by atoms with E-state index in [1.165, 1.54) is 11.8 Å². The minimum absolute atomic E-state index is 0.0827. The minimum Gasteiger partial charge on any atom is -0.359 e. The quantitative estimate of drug-likeness (QED) is 0.637. The molecule has 0 atom stereocenters. The van der Waals surface area contributed by atoms with Gasteiger partial charge in [0.15, 0.2) is 0 Å². The Labute approximate surface area is 147 Å². The average Bonchev–Trinajstić information content (AvgIpc) is 2.63. The number of anilines is 2. The highest BCUT2D eigenvalue weighted by Crippen LogP contribution is 2.18. The van der Waals surface area contributed by atoms with Crippen LogP contribution in [0.4, 0.5) is 11.4 Å². The van der Waals surface area contributed by atoms with Crippen molar-refractivity contribution in [3.05, 3.63) is 71.4 Å². The number of amides is 1. The molecular weight excluding hydrogens is 312 g/mol. The zero-order valence-electron chi connectivity index (χ0n) is 14.1. The van der Waals surface area contributed by atoms with Gasteiger partial charge in [-0.15, -0.1) is 0 Å². The second-order valence-electron chi connectivity index (χ2n) is 5.70. The normalized spacial score (nSPS) is 10.7. The number of nitriles is 2. The van der Waals surface area contributed by atoms with Crippen molar-refractivity contribution in [3.8, 4) is 12.1 Å². The maximum absolute atomic E-state index is 12.2. The van der Waals surface area contributed by atoms with Gasteiger partial charge in [0.1, 0.15) is 17.7 Å². The van der Waals surface area contributed by atoms with Crippen LogP contribution in [-0.4, -0.2) is 5.91 Å². The molecule has 0 fully saturated rings. The zero-order chi connectivity index (χ0) is 18.2. The second kappa shape index (κ2) is 8.33. The summed E-state index contributed by atoms with van der Waals surface area (Å²) in [7, 11) is 0. The van der Waals surface area contributed by atoms with E-state index in [0.29, 0.717) is 22.9 Å². The Morgan fingerprint density at radius 3 is 2.36 bits per heavy atom. The van der Waals surface area contributed by atoms with E-state index in [1.807, 2.05) is 24.3 Å². The van der Waals surface area contributed by atoms with Crippen LogP contribution >= 0.6 is 0 Å². The van der Waals surface area contributed by atoms with Gasteiger partial charge in [0.2, 0.25) is 0 Å². The predicted molar refractivity (Wildman–Crippen MR) is 97.6 cm³/mol. The third-order valence-corrected chi connectivity index (χ3v) is 3.62. The smallest absolute Gasteiger partial charge is 0.267 e. The van der Waals surface area contributed by atoms with Crippen molar-refractivity contribution in [1.29, 1.82) is 10.5 Å². The topological polar surface area (TPSA) is 88.7 Å². The molecule has 25 heavy (non-hydrogen) atoms. The first kappa shape index (κ1) is 17.8. The van der Waals surface area contributed by atoms with E-state index in [2.05, 4.69) is 24.5 Å². The van der Waals surface area contributed by atoms with Gasteiger partial charge in [0.25, 0.3) is 5.91 Å². The summed E-state index contributed by atoms with van der Waals surface area (Å²) in [4.78, 5) is 12.2. The lowest BCUT2D eigenvalue weighted by Crippen LogP contribution is -2.14. The summed E-state index contributed by atoms with van der Waals surface area (Å²) in [6, 6.07) is 18.3. The number of carbonyl (C=O) groups excluding carboxylic acids is 1. The van der Waals surface area contributed by atoms with Crippen molar-refractivity contribution in [2.75, 3.05) is 10.6 Å². The van der Waals surface area contributed by atoms with Gasteiger partial charge in [-0.1, -0.05) is 38.1 Å². The molecule has 0 aliphatic heterocycles. The third-order valence-electron chi connectivity index (χ3n) is 3.62. The molecule has 2 rings (SSSR count). The summed E-state index contributed by atoms with van der Waals surface area (Å²) in [5.74, 6) is -0.106. The standard InChI is InChI=1S/C20H18N4O/c1-14(2)15-7-9-18(10-8-15)24-20(25)17(12-22)13-23-19-6-4-3-5-16(19)11-21/h3-10,13-14,23H,1-2H3,(H,24,25)/b17-13-. The highest BCUT2D eigenvalue weighted by molar-refractivity contribution is 6.06. The summed E-state index contributed by atoms with van der Waals surface area (Å²) in [5.41, 5.74) is 2.67. The molecule has 5 heteroatoms. The Morgan fingerprint density at radius 2 is 1.76 bits per heavy atom. The largest absolute Gasteiger partial charge is 0.359 e. The number of carbonyl (C=O) groups is 1. The molecule has 0 heterocycles. The Balaban J connectivity index is 2.10. The molecule has 1 amide bonds. The lowest BCUT2D eigenvalue weighted by Gasteiger charge is -2.08. The van der Waals surface area contributed by atoms with E-state index in [1.54, 1.807) is 36.4 Å². The van der Waals surface area contributed by atoms with Crippen molar-refractivity contribution in [1.82, 2.24) is 0 Å². The van der Waals surface area contributed by atoms with Gasteiger partial charge < -0.3 is 10.6 Å². The summed E-state index contributed by atoms with van der Waals surface area (Å²) in [6.07, 6.45) is 1.30. The number of nitrogens with zero attached hydrogens (tertiary/aromatic N) is 2. The molecule has 0 bridgehead atoms. The monoisotopic (exact) mass is 330 g/mol. The highest BCUT2D eigenvalue weighted by Gasteiger charge is 2.10. The first-order chi connectivity index (χ1) is 12.0. The van der Waals surface area contributed by atoms with Gasteiger partial charge in [0, 0.05) is 11.9 Å². The van der Waals surface area contributed by atoms with Gasteiger partial charge in [-0.25, -0.2) is 0 Å². The van der Waals surface area contributed by atoms with Crippen LogP contribution in [0, 0.1) is 22.7 Å². The average molecular weight is 330 g/mol. The molecule has 0 radical (unpaired) electrons. The second-order valence-corrected chi connectivity index (χ2v) is 5.70. The third kappa shape index (κ3) is 4.70. The van der Waals surface area contributed by atoms with Crippen LogP contribution in [0.5, 0.6) is 0 Å². The molecule has 0 saturated heterocycles. The molecule has 0 unspecified atom stereocenters. The van der Waals surface area contributed by atoms with Gasteiger partial charge in [-0.05, 0) is 35.7 Å². The molecule has 0 saturated carbocycles. The van der Waals surface area contributed by atoms with Crippen molar-refractivity contribution < 1.29 is 4.79 Å². The number of benzene rings is 2. The molecule has 0 spiro atoms. The Morgan fingerprint density at radius 1 is 1.08 bits per heavy atom. The van der Waals surface area contributed by atoms with Gasteiger partial charge in [-0.2, -0.15) is 10.5 Å². The summed E-state index contributed by atoms with van der Waals surface area (Å²) in [6.45, 7) is 4.18. The van der Waals surface area contributed by atoms with Crippen LogP contribution in [0.1, 0.15) is 30.9 Å². The molecule has 124 valence electrons. The lowest BCUT2D eigenvalue weighted by molar-refractivity contribution is -0.112. The van der Waals surface area contributed by atoms with Crippen LogP contribution in [0.3, 0.4) is 0 Å². The van der Waals surface area contributed by atoms with Crippen LogP contribution < -0.4 is 10.6 Å². The van der Waals surface area contributed by atoms with Gasteiger partial charge in [0.05, 0.1) is 11.3 Å². The fourth-order valence-corrected chi connectivity index (χ4v) is 2.15. The number of nitrogens with one attached hydrogen (secondary N) is 2. The summed E-state index contributed by atoms with van der Waals surface area (Å²) < 4.78 is 0. The van der Waals surface area contributed by atoms with E-state index in [9.17, 15) is 10.1 Å². The highest BCUT2D eigenvalue weighted by atomic mass is 16.1. The zero-order valence-corrected chi connectivity index (χ0v) is 14.1. The maximum atomic E-state index is 12.2. The lowest BCUT2D eigenvalue weighted by atomic mass is 10.0. The van der Waals surface area contributed by atoms with Gasteiger partial charge in [-0.3, -0.25) is 4.79 Å².